The number of hydrogen-bond donors (Lipinski definition) is 2. The fourth-order valence-electron chi connectivity index (χ4n) is 3.92. The molecule has 0 aliphatic rings. The van der Waals surface area contributed by atoms with Crippen molar-refractivity contribution in [2.24, 2.45) is 0 Å². The first-order valence-corrected chi connectivity index (χ1v) is 12.2. The predicted octanol–water partition coefficient (Wildman–Crippen LogP) is 6.09. The molecule has 2 N–H and O–H groups in total. The molecule has 32 heavy (non-hydrogen) atoms. The van der Waals surface area contributed by atoms with Gasteiger partial charge >= 0.3 is 0 Å². The van der Waals surface area contributed by atoms with Gasteiger partial charge in [-0.1, -0.05) is 54.1 Å². The highest BCUT2D eigenvalue weighted by Gasteiger charge is 2.11. The average molecular weight is 449 g/mol. The van der Waals surface area contributed by atoms with Crippen LogP contribution in [0.2, 0.25) is 0 Å². The predicted molar refractivity (Wildman–Crippen MR) is 136 cm³/mol. The van der Waals surface area contributed by atoms with Gasteiger partial charge in [-0.05, 0) is 73.4 Å². The lowest BCUT2D eigenvalue weighted by molar-refractivity contribution is -0.119. The van der Waals surface area contributed by atoms with Crippen LogP contribution in [0, 0.1) is 20.8 Å². The maximum atomic E-state index is 12.3. The van der Waals surface area contributed by atoms with E-state index in [0.717, 1.165) is 34.6 Å². The third-order valence-corrected chi connectivity index (χ3v) is 6.56. The maximum Gasteiger partial charge on any atom is 0.230 e. The van der Waals surface area contributed by atoms with E-state index in [1.54, 1.807) is 11.8 Å². The molecule has 0 heterocycles. The molecule has 0 aliphatic heterocycles. The highest BCUT2D eigenvalue weighted by atomic mass is 32.2. The largest absolute Gasteiger partial charge is 0.349 e. The molecule has 0 saturated heterocycles. The Balaban J connectivity index is 1.37. The summed E-state index contributed by atoms with van der Waals surface area (Å²) in [7, 11) is 0. The van der Waals surface area contributed by atoms with Crippen LogP contribution in [0.25, 0.3) is 10.8 Å². The molecule has 0 fully saturated rings. The number of rotatable bonds is 9. The molecule has 168 valence electrons. The first-order valence-electron chi connectivity index (χ1n) is 11.1. The quantitative estimate of drug-likeness (QED) is 0.389. The number of carbonyl (C=O) groups is 2. The van der Waals surface area contributed by atoms with Crippen molar-refractivity contribution < 1.29 is 9.59 Å². The molecular weight excluding hydrogens is 416 g/mol. The SMILES string of the molecule is Cc1cc(C)c(NC(=O)CCCSCC(=O)NC(C)c2ccc3ccccc3c2)c(C)c1. The summed E-state index contributed by atoms with van der Waals surface area (Å²) in [6.07, 6.45) is 1.20. The summed E-state index contributed by atoms with van der Waals surface area (Å²) in [5, 5.41) is 8.48. The minimum absolute atomic E-state index is 0.0195. The van der Waals surface area contributed by atoms with Crippen LogP contribution in [0.3, 0.4) is 0 Å². The van der Waals surface area contributed by atoms with Gasteiger partial charge in [-0.25, -0.2) is 0 Å². The second-order valence-electron chi connectivity index (χ2n) is 8.37. The molecule has 0 spiro atoms. The number of fused-ring (bicyclic) bond motifs is 1. The van der Waals surface area contributed by atoms with E-state index in [0.29, 0.717) is 12.2 Å². The van der Waals surface area contributed by atoms with E-state index in [9.17, 15) is 9.59 Å². The minimum atomic E-state index is -0.0422. The smallest absolute Gasteiger partial charge is 0.230 e. The molecule has 1 unspecified atom stereocenters. The molecule has 0 bridgehead atoms. The Morgan fingerprint density at radius 3 is 2.31 bits per heavy atom. The van der Waals surface area contributed by atoms with Gasteiger partial charge in [0.25, 0.3) is 0 Å². The summed E-state index contributed by atoms with van der Waals surface area (Å²) in [6.45, 7) is 8.10. The summed E-state index contributed by atoms with van der Waals surface area (Å²) in [5.74, 6) is 1.22. The lowest BCUT2D eigenvalue weighted by Gasteiger charge is -2.15. The number of amides is 2. The molecule has 3 aromatic rings. The summed E-state index contributed by atoms with van der Waals surface area (Å²) < 4.78 is 0. The van der Waals surface area contributed by atoms with E-state index in [-0.39, 0.29) is 17.9 Å². The second-order valence-corrected chi connectivity index (χ2v) is 9.48. The van der Waals surface area contributed by atoms with Crippen LogP contribution < -0.4 is 10.6 Å². The number of nitrogens with one attached hydrogen (secondary N) is 2. The average Bonchev–Trinajstić information content (AvgIpc) is 2.75. The fourth-order valence-corrected chi connectivity index (χ4v) is 4.68. The Morgan fingerprint density at radius 2 is 1.59 bits per heavy atom. The van der Waals surface area contributed by atoms with E-state index < -0.39 is 0 Å². The van der Waals surface area contributed by atoms with Crippen molar-refractivity contribution in [3.63, 3.8) is 0 Å². The van der Waals surface area contributed by atoms with Crippen LogP contribution >= 0.6 is 11.8 Å². The van der Waals surface area contributed by atoms with E-state index in [1.165, 1.54) is 16.3 Å². The third-order valence-electron chi connectivity index (χ3n) is 5.52. The van der Waals surface area contributed by atoms with E-state index >= 15 is 0 Å². The molecule has 0 aromatic heterocycles. The zero-order valence-electron chi connectivity index (χ0n) is 19.3. The first kappa shape index (κ1) is 23.9. The van der Waals surface area contributed by atoms with Gasteiger partial charge in [0.1, 0.15) is 0 Å². The Bertz CT molecular complexity index is 1090. The van der Waals surface area contributed by atoms with Gasteiger partial charge in [0.2, 0.25) is 11.8 Å². The second kappa shape index (κ2) is 11.2. The van der Waals surface area contributed by atoms with Crippen molar-refractivity contribution in [1.82, 2.24) is 5.32 Å². The van der Waals surface area contributed by atoms with Crippen LogP contribution in [0.4, 0.5) is 5.69 Å². The molecule has 2 amide bonds. The zero-order valence-corrected chi connectivity index (χ0v) is 20.1. The lowest BCUT2D eigenvalue weighted by Crippen LogP contribution is -2.28. The number of aryl methyl sites for hydroxylation is 3. The van der Waals surface area contributed by atoms with Crippen LogP contribution in [0.15, 0.2) is 54.6 Å². The summed E-state index contributed by atoms with van der Waals surface area (Å²) >= 11 is 1.57. The Hall–Kier alpha value is -2.79. The van der Waals surface area contributed by atoms with E-state index in [4.69, 9.17) is 0 Å². The third kappa shape index (κ3) is 6.60. The summed E-state index contributed by atoms with van der Waals surface area (Å²) in [4.78, 5) is 24.6. The standard InChI is InChI=1S/C27H32N2O2S/c1-18-14-19(2)27(20(3)15-18)29-25(30)10-7-13-32-17-26(31)28-21(4)23-12-11-22-8-5-6-9-24(22)16-23/h5-6,8-9,11-12,14-16,21H,7,10,13,17H2,1-4H3,(H,28,31)(H,29,30). The van der Waals surface area contributed by atoms with Gasteiger partial charge in [0.15, 0.2) is 0 Å². The van der Waals surface area contributed by atoms with Crippen molar-refractivity contribution in [3.05, 3.63) is 76.9 Å². The van der Waals surface area contributed by atoms with Crippen LogP contribution in [-0.4, -0.2) is 23.3 Å². The number of hydrogen-bond acceptors (Lipinski definition) is 3. The molecule has 0 aliphatic carbocycles. The Kier molecular flexibility index (Phi) is 8.34. The van der Waals surface area contributed by atoms with E-state index in [2.05, 4.69) is 60.0 Å². The Labute approximate surface area is 195 Å². The number of carbonyl (C=O) groups excluding carboxylic acids is 2. The molecule has 4 nitrogen and oxygen atoms in total. The molecule has 3 rings (SSSR count). The molecule has 5 heteroatoms. The molecule has 3 aromatic carbocycles. The zero-order chi connectivity index (χ0) is 23.1. The highest BCUT2D eigenvalue weighted by molar-refractivity contribution is 7.99. The normalized spacial score (nSPS) is 11.9. The molecule has 0 radical (unpaired) electrons. The number of anilines is 1. The van der Waals surface area contributed by atoms with Crippen molar-refractivity contribution in [1.29, 1.82) is 0 Å². The molecule has 1 atom stereocenters. The highest BCUT2D eigenvalue weighted by Crippen LogP contribution is 2.23. The molecular formula is C27H32N2O2S. The van der Waals surface area contributed by atoms with E-state index in [1.807, 2.05) is 32.9 Å². The van der Waals surface area contributed by atoms with Gasteiger partial charge in [-0.2, -0.15) is 11.8 Å². The fraction of sp³-hybridized carbons (Fsp3) is 0.333. The first-order chi connectivity index (χ1) is 15.3. The van der Waals surface area contributed by atoms with Crippen molar-refractivity contribution in [3.8, 4) is 0 Å². The summed E-state index contributed by atoms with van der Waals surface area (Å²) in [6, 6.07) is 18.6. The summed E-state index contributed by atoms with van der Waals surface area (Å²) in [5.41, 5.74) is 5.38. The van der Waals surface area contributed by atoms with Crippen molar-refractivity contribution >= 4 is 40.0 Å². The lowest BCUT2D eigenvalue weighted by atomic mass is 10.0. The number of thioether (sulfide) groups is 1. The van der Waals surface area contributed by atoms with Gasteiger partial charge in [0.05, 0.1) is 11.8 Å². The van der Waals surface area contributed by atoms with Gasteiger partial charge < -0.3 is 10.6 Å². The van der Waals surface area contributed by atoms with Crippen LogP contribution in [0.5, 0.6) is 0 Å². The van der Waals surface area contributed by atoms with Crippen LogP contribution in [0.1, 0.15) is 48.1 Å². The van der Waals surface area contributed by atoms with Gasteiger partial charge in [-0.15, -0.1) is 0 Å². The monoisotopic (exact) mass is 448 g/mol. The Morgan fingerprint density at radius 1 is 0.906 bits per heavy atom. The van der Waals surface area contributed by atoms with Crippen molar-refractivity contribution in [2.45, 2.75) is 46.6 Å². The minimum Gasteiger partial charge on any atom is -0.349 e. The maximum absolute atomic E-state index is 12.3. The van der Waals surface area contributed by atoms with Crippen molar-refractivity contribution in [2.75, 3.05) is 16.8 Å². The number of benzene rings is 3. The van der Waals surface area contributed by atoms with Crippen LogP contribution in [-0.2, 0) is 9.59 Å². The van der Waals surface area contributed by atoms with Gasteiger partial charge in [-0.3, -0.25) is 9.59 Å². The molecule has 0 saturated carbocycles. The van der Waals surface area contributed by atoms with Gasteiger partial charge in [0, 0.05) is 12.1 Å². The topological polar surface area (TPSA) is 58.2 Å².